The Hall–Kier alpha value is -15.4. The number of amides is 4. The molecule has 4 aliphatic carbocycles. The van der Waals surface area contributed by atoms with E-state index in [1.165, 1.54) is 86.3 Å². The van der Waals surface area contributed by atoms with E-state index in [9.17, 15) is 32.3 Å². The molecule has 16 aromatic rings. The van der Waals surface area contributed by atoms with Crippen LogP contribution in [0.25, 0.3) is 22.7 Å². The van der Waals surface area contributed by atoms with Gasteiger partial charge in [-0.15, -0.1) is 0 Å². The van der Waals surface area contributed by atoms with E-state index in [4.69, 9.17) is 27.7 Å². The maximum absolute atomic E-state index is 15.0. The third-order valence-corrected chi connectivity index (χ3v) is 27.2. The Balaban J connectivity index is 0.000000135. The summed E-state index contributed by atoms with van der Waals surface area (Å²) in [4.78, 5) is 53.5. The fourth-order valence-electron chi connectivity index (χ4n) is 18.2. The number of aryl methyl sites for hydroxylation is 7. The van der Waals surface area contributed by atoms with Crippen molar-refractivity contribution < 1.29 is 37.1 Å². The van der Waals surface area contributed by atoms with E-state index in [1.54, 1.807) is 86.5 Å². The summed E-state index contributed by atoms with van der Waals surface area (Å²) in [6, 6.07) is 93.1. The maximum atomic E-state index is 15.0. The number of rotatable bonds is 38. The van der Waals surface area contributed by atoms with Gasteiger partial charge in [-0.25, -0.2) is 31.9 Å². The van der Waals surface area contributed by atoms with Gasteiger partial charge in [0.15, 0.2) is 0 Å². The molecule has 0 saturated heterocycles. The molecule has 4 aliphatic rings. The minimum absolute atomic E-state index is 0.0647. The monoisotopic (exact) mass is 2000 g/mol. The third kappa shape index (κ3) is 27.7. The van der Waals surface area contributed by atoms with Crippen LogP contribution in [0.5, 0.6) is 5.75 Å². The largest absolute Gasteiger partial charge is 0.497 e. The summed E-state index contributed by atoms with van der Waals surface area (Å²) in [5.74, 6) is 0.523. The number of carbonyl (C=O) groups is 4. The van der Waals surface area contributed by atoms with Crippen LogP contribution in [0.4, 0.5) is 35.9 Å². The zero-order chi connectivity index (χ0) is 104. The lowest BCUT2D eigenvalue weighted by atomic mass is 9.96. The van der Waals surface area contributed by atoms with Gasteiger partial charge < -0.3 is 70.2 Å². The van der Waals surface area contributed by atoms with Crippen molar-refractivity contribution in [1.29, 1.82) is 0 Å². The van der Waals surface area contributed by atoms with Crippen molar-refractivity contribution in [3.63, 3.8) is 0 Å². The number of hydrogen-bond donors (Lipinski definition) is 12. The highest BCUT2D eigenvalue weighted by Crippen LogP contribution is 2.39. The molecule has 0 spiro atoms. The van der Waals surface area contributed by atoms with E-state index in [0.29, 0.717) is 89.5 Å². The van der Waals surface area contributed by atoms with Gasteiger partial charge in [0.25, 0.3) is 23.6 Å². The molecule has 0 bridgehead atoms. The number of ether oxygens (including phenoxy) is 1. The summed E-state index contributed by atoms with van der Waals surface area (Å²) in [6.45, 7) is 18.9. The van der Waals surface area contributed by atoms with Gasteiger partial charge in [0.2, 0.25) is 0 Å². The lowest BCUT2D eigenvalue weighted by Gasteiger charge is -2.21. The number of benzene rings is 12. The van der Waals surface area contributed by atoms with Crippen LogP contribution in [0, 0.1) is 82.7 Å². The average molecular weight is 2000 g/mol. The second kappa shape index (κ2) is 49.0. The van der Waals surface area contributed by atoms with E-state index >= 15 is 0 Å². The van der Waals surface area contributed by atoms with E-state index in [0.717, 1.165) is 139 Å². The van der Waals surface area contributed by atoms with Crippen molar-refractivity contribution in [2.75, 3.05) is 54.6 Å². The van der Waals surface area contributed by atoms with E-state index in [1.807, 2.05) is 167 Å². The van der Waals surface area contributed by atoms with E-state index in [2.05, 4.69) is 163 Å². The van der Waals surface area contributed by atoms with Crippen LogP contribution in [-0.2, 0) is 32.6 Å². The molecule has 4 fully saturated rings. The van der Waals surface area contributed by atoms with E-state index < -0.39 is 35.2 Å². The highest BCUT2D eigenvalue weighted by Gasteiger charge is 2.32. The summed E-state index contributed by atoms with van der Waals surface area (Å²) in [7, 11) is 1.63. The van der Waals surface area contributed by atoms with Crippen LogP contribution in [-0.4, -0.2) is 96.0 Å². The normalized spacial score (nSPS) is 13.9. The standard InChI is InChI=1S/C31H34FN5O.C30H32FN5O2.C30H32FN5O.C30H33N5O/c1-3-21-9-11-24(12-10-21)30(34-19-22-7-8-22)25-13-14-27(32)28(17-25)35-31(38)29-15-20(2)36-37(29)26-6-4-5-23(16-26)18-33;1-19-13-28(36(35-19)24-7-3-5-21(14-24)17-32)30(37)34-27-16-23(11-12-26(27)31)29(33-18-20-9-10-20)22-6-4-8-25(15-22)38-2;1-19-5-3-7-23(13-19)29(33-18-21-9-10-21)24-11-12-26(31)27(16-24)34-30(37)28-14-20(2)35-36(28)25-8-4-6-22(15-25)17-32;1-20-9-13-24(14-10-20)29(32-19-22-11-12-22)25-6-4-7-26(17-25)33-30(36)28-15-21(2)34-35(28)27-8-3-5-23(16-27)18-31/h4-6,9-17,22,30,34H,3,7-8,18-19,33H2,1-2H3,(H,35,38);3-8,11-16,20,29,33H,9-10,17-18,32H2,1-2H3,(H,34,37);3-8,11-16,21,29,33H,9-10,17-18,32H2,1-2H3,(H,34,37);3-10,13-17,22,29,32H,11-12,18-19,31H2,1-2H3,(H,33,36). The van der Waals surface area contributed by atoms with Crippen molar-refractivity contribution in [2.24, 2.45) is 46.6 Å². The quantitative estimate of drug-likeness (QED) is 0.0171. The molecule has 0 radical (unpaired) electrons. The summed E-state index contributed by atoms with van der Waals surface area (Å²) in [6.07, 6.45) is 10.9. The minimum atomic E-state index is -0.512. The Labute approximate surface area is 868 Å². The van der Waals surface area contributed by atoms with Crippen LogP contribution in [0.2, 0.25) is 0 Å². The molecule has 4 heterocycles. The van der Waals surface area contributed by atoms with Crippen LogP contribution in [0.1, 0.15) is 231 Å². The lowest BCUT2D eigenvalue weighted by Crippen LogP contribution is -2.25. The topological polar surface area (TPSA) is 349 Å². The molecule has 4 atom stereocenters. The maximum Gasteiger partial charge on any atom is 0.274 e. The van der Waals surface area contributed by atoms with Gasteiger partial charge in [0.05, 0.1) is 93.9 Å². The number of hydrogen-bond acceptors (Lipinski definition) is 17. The van der Waals surface area contributed by atoms with Crippen molar-refractivity contribution in [1.82, 2.24) is 60.4 Å². The number of nitrogens with one attached hydrogen (secondary N) is 8. The van der Waals surface area contributed by atoms with Crippen LogP contribution >= 0.6 is 0 Å². The molecule has 0 aliphatic heterocycles. The molecule has 4 amide bonds. The first-order valence-corrected chi connectivity index (χ1v) is 51.3. The second-order valence-corrected chi connectivity index (χ2v) is 39.3. The Morgan fingerprint density at radius 1 is 0.309 bits per heavy atom. The SMILES string of the molecule is CCc1ccc(C(NCC2CC2)c2ccc(F)c(NC(=O)c3cc(C)nn3-c3cccc(CN)c3)c2)cc1.COc1cccc(C(NCC2CC2)c2ccc(F)c(NC(=O)c3cc(C)nn3-c3cccc(CN)c3)c2)c1.Cc1ccc(C(NCC2CC2)c2cccc(NC(=O)c3cc(C)nn3-c3cccc(CN)c3)c2)cc1.Cc1cccc(C(NCC2CC2)c2ccc(F)c(NC(=O)c3cc(C)nn3-c3cccc(CN)c3)c2)c1. The zero-order valence-corrected chi connectivity index (χ0v) is 85.5. The fraction of sp³-hybridized carbons (Fsp3) is 0.273. The molecule has 4 saturated carbocycles. The molecule has 20 rings (SSSR count). The molecular weight excluding hydrogens is 1870 g/mol. The minimum Gasteiger partial charge on any atom is -0.497 e. The first kappa shape index (κ1) is 105. The van der Waals surface area contributed by atoms with Crippen molar-refractivity contribution >= 4 is 46.4 Å². The number of anilines is 4. The first-order valence-electron chi connectivity index (χ1n) is 51.3. The Bertz CT molecular complexity index is 7380. The van der Waals surface area contributed by atoms with Crippen molar-refractivity contribution in [3.05, 3.63) is 444 Å². The third-order valence-electron chi connectivity index (χ3n) is 27.2. The molecule has 149 heavy (non-hydrogen) atoms. The second-order valence-electron chi connectivity index (χ2n) is 39.3. The van der Waals surface area contributed by atoms with Gasteiger partial charge in [0, 0.05) is 31.9 Å². The first-order chi connectivity index (χ1) is 72.3. The molecule has 4 unspecified atom stereocenters. The number of aromatic nitrogens is 8. The van der Waals surface area contributed by atoms with Crippen LogP contribution in [0.15, 0.2) is 297 Å². The fourth-order valence-corrected chi connectivity index (χ4v) is 18.2. The summed E-state index contributed by atoms with van der Waals surface area (Å²) in [5, 5.41) is 44.2. The Morgan fingerprint density at radius 2 is 0.597 bits per heavy atom. The molecule has 28 heteroatoms. The summed E-state index contributed by atoms with van der Waals surface area (Å²) < 4.78 is 56.7. The molecule has 25 nitrogen and oxygen atoms in total. The van der Waals surface area contributed by atoms with Gasteiger partial charge in [-0.3, -0.25) is 19.2 Å². The predicted octanol–water partition coefficient (Wildman–Crippen LogP) is 21.5. The lowest BCUT2D eigenvalue weighted by molar-refractivity contribution is 0.101. The molecule has 766 valence electrons. The zero-order valence-electron chi connectivity index (χ0n) is 85.5. The predicted molar refractivity (Wildman–Crippen MR) is 584 cm³/mol. The van der Waals surface area contributed by atoms with Crippen molar-refractivity contribution in [2.45, 2.75) is 157 Å². The molecule has 12 aromatic carbocycles. The summed E-state index contributed by atoms with van der Waals surface area (Å²) in [5.41, 5.74) is 47.2. The smallest absolute Gasteiger partial charge is 0.274 e. The molecular formula is C121H131F3N20O5. The van der Waals surface area contributed by atoms with Crippen molar-refractivity contribution in [3.8, 4) is 28.5 Å². The Kier molecular flexibility index (Phi) is 34.5. The van der Waals surface area contributed by atoms with Gasteiger partial charge in [0.1, 0.15) is 46.0 Å². The highest BCUT2D eigenvalue weighted by molar-refractivity contribution is 6.06. The summed E-state index contributed by atoms with van der Waals surface area (Å²) >= 11 is 0. The van der Waals surface area contributed by atoms with E-state index in [-0.39, 0.29) is 47.1 Å². The number of nitrogens with two attached hydrogens (primary N) is 4. The number of carbonyl (C=O) groups excluding carboxylic acids is 4. The molecule has 4 aromatic heterocycles. The number of methoxy groups -OCH3 is 1. The highest BCUT2D eigenvalue weighted by atomic mass is 19.1. The van der Waals surface area contributed by atoms with Gasteiger partial charge in [-0.05, 0) is 355 Å². The van der Waals surface area contributed by atoms with Gasteiger partial charge in [-0.2, -0.15) is 20.4 Å². The molecule has 16 N–H and O–H groups in total. The van der Waals surface area contributed by atoms with Gasteiger partial charge >= 0.3 is 0 Å². The Morgan fingerprint density at radius 3 is 0.919 bits per heavy atom. The average Bonchev–Trinajstić information content (AvgIpc) is 1.64. The number of nitrogens with zero attached hydrogens (tertiary/aromatic N) is 8. The van der Waals surface area contributed by atoms with Crippen LogP contribution < -0.4 is 70.2 Å². The van der Waals surface area contributed by atoms with Gasteiger partial charge in [-0.1, -0.05) is 182 Å². The van der Waals surface area contributed by atoms with Crippen LogP contribution in [0.3, 0.4) is 0 Å². The number of halogens is 3.